The number of anilines is 1. The Kier molecular flexibility index (Phi) is 4.62. The number of H-pyrrole nitrogens is 1. The molecule has 4 rings (SSSR count). The lowest BCUT2D eigenvalue weighted by atomic mass is 10.0. The largest absolute Gasteiger partial charge is 0.487 e. The number of ether oxygens (including phenoxy) is 1. The number of carbonyl (C=O) groups is 1. The number of nitrogens with zero attached hydrogens (tertiary/aromatic N) is 2. The van der Waals surface area contributed by atoms with Gasteiger partial charge in [0.2, 0.25) is 5.91 Å². The highest BCUT2D eigenvalue weighted by Crippen LogP contribution is 2.42. The summed E-state index contributed by atoms with van der Waals surface area (Å²) in [7, 11) is 0. The molecule has 0 saturated carbocycles. The summed E-state index contributed by atoms with van der Waals surface area (Å²) in [5, 5.41) is 10.1. The third-order valence-electron chi connectivity index (χ3n) is 4.17. The van der Waals surface area contributed by atoms with E-state index in [0.29, 0.717) is 18.2 Å². The van der Waals surface area contributed by atoms with E-state index in [1.54, 1.807) is 18.0 Å². The van der Waals surface area contributed by atoms with E-state index >= 15 is 0 Å². The molecule has 0 aliphatic carbocycles. The van der Waals surface area contributed by atoms with Crippen molar-refractivity contribution in [2.24, 2.45) is 0 Å². The molecule has 132 valence electrons. The molecule has 0 bridgehead atoms. The van der Waals surface area contributed by atoms with Crippen LogP contribution in [-0.4, -0.2) is 26.8 Å². The summed E-state index contributed by atoms with van der Waals surface area (Å²) in [5.74, 6) is 1.74. The first-order valence-corrected chi connectivity index (χ1v) is 9.34. The number of amides is 1. The highest BCUT2D eigenvalue weighted by molar-refractivity contribution is 8.00. The molecule has 1 aromatic carbocycles. The lowest BCUT2D eigenvalue weighted by molar-refractivity contribution is -0.113. The summed E-state index contributed by atoms with van der Waals surface area (Å²) in [6, 6.07) is 13.7. The van der Waals surface area contributed by atoms with Crippen LogP contribution in [0.3, 0.4) is 0 Å². The summed E-state index contributed by atoms with van der Waals surface area (Å²) < 4.78 is 5.90. The summed E-state index contributed by atoms with van der Waals surface area (Å²) in [6.07, 6.45) is 1.75. The van der Waals surface area contributed by atoms with Gasteiger partial charge in [0.1, 0.15) is 12.4 Å². The molecule has 0 saturated heterocycles. The molecule has 2 N–H and O–H groups in total. The zero-order valence-electron chi connectivity index (χ0n) is 14.2. The van der Waals surface area contributed by atoms with Gasteiger partial charge in [-0.25, -0.2) is 0 Å². The zero-order valence-corrected chi connectivity index (χ0v) is 15.0. The molecule has 7 heteroatoms. The smallest absolute Gasteiger partial charge is 0.235 e. The standard InChI is InChI=1S/C19H18N4O2S/c1-12-17-18(26-11-16(24)21-19(17)23-22-12)13-5-4-7-15(9-13)25-10-14-6-2-3-8-20-14/h2-9,18H,10-11H2,1H3,(H2,21,22,23,24). The number of hydrogen-bond donors (Lipinski definition) is 2. The van der Waals surface area contributed by atoms with E-state index in [9.17, 15) is 4.79 Å². The second-order valence-corrected chi connectivity index (χ2v) is 7.13. The van der Waals surface area contributed by atoms with Gasteiger partial charge in [0.15, 0.2) is 5.82 Å². The third kappa shape index (κ3) is 3.43. The molecule has 0 spiro atoms. The maximum absolute atomic E-state index is 11.9. The van der Waals surface area contributed by atoms with Crippen molar-refractivity contribution in [3.63, 3.8) is 0 Å². The first kappa shape index (κ1) is 16.7. The molecular formula is C19H18N4O2S. The SMILES string of the molecule is Cc1[nH]nc2c1C(c1cccc(OCc3ccccn3)c1)SCC(=O)N2. The molecule has 1 atom stereocenters. The van der Waals surface area contributed by atoms with Gasteiger partial charge >= 0.3 is 0 Å². The van der Waals surface area contributed by atoms with Crippen LogP contribution in [0.4, 0.5) is 5.82 Å². The summed E-state index contributed by atoms with van der Waals surface area (Å²) in [4.78, 5) is 16.2. The second-order valence-electron chi connectivity index (χ2n) is 6.03. The van der Waals surface area contributed by atoms with Crippen LogP contribution in [0.1, 0.15) is 27.8 Å². The maximum Gasteiger partial charge on any atom is 0.235 e. The first-order valence-electron chi connectivity index (χ1n) is 8.29. The van der Waals surface area contributed by atoms with Gasteiger partial charge in [-0.3, -0.25) is 14.9 Å². The number of aryl methyl sites for hydroxylation is 1. The van der Waals surface area contributed by atoms with Gasteiger partial charge in [0.05, 0.1) is 16.7 Å². The number of thioether (sulfide) groups is 1. The zero-order chi connectivity index (χ0) is 17.9. The molecule has 1 unspecified atom stereocenters. The van der Waals surface area contributed by atoms with Gasteiger partial charge in [-0.1, -0.05) is 18.2 Å². The molecule has 2 aromatic heterocycles. The number of nitrogens with one attached hydrogen (secondary N) is 2. The molecular weight excluding hydrogens is 348 g/mol. The van der Waals surface area contributed by atoms with E-state index in [1.807, 2.05) is 43.3 Å². The van der Waals surface area contributed by atoms with Gasteiger partial charge in [-0.05, 0) is 36.8 Å². The van der Waals surface area contributed by atoms with Crippen molar-refractivity contribution < 1.29 is 9.53 Å². The van der Waals surface area contributed by atoms with Crippen LogP contribution in [0.5, 0.6) is 5.75 Å². The van der Waals surface area contributed by atoms with Crippen LogP contribution in [0, 0.1) is 6.92 Å². The Balaban J connectivity index is 1.60. The Morgan fingerprint density at radius 3 is 3.04 bits per heavy atom. The van der Waals surface area contributed by atoms with E-state index in [2.05, 4.69) is 26.6 Å². The number of hydrogen-bond acceptors (Lipinski definition) is 5. The molecule has 0 fully saturated rings. The van der Waals surface area contributed by atoms with Crippen LogP contribution in [-0.2, 0) is 11.4 Å². The third-order valence-corrected chi connectivity index (χ3v) is 5.44. The fourth-order valence-electron chi connectivity index (χ4n) is 2.94. The Morgan fingerprint density at radius 1 is 1.27 bits per heavy atom. The van der Waals surface area contributed by atoms with Gasteiger partial charge < -0.3 is 10.1 Å². The fourth-order valence-corrected chi connectivity index (χ4v) is 4.12. The number of aromatic amines is 1. The minimum absolute atomic E-state index is 0.0149. The quantitative estimate of drug-likeness (QED) is 0.739. The molecule has 6 nitrogen and oxygen atoms in total. The van der Waals surface area contributed by atoms with E-state index in [1.165, 1.54) is 0 Å². The number of fused-ring (bicyclic) bond motifs is 1. The molecule has 1 aliphatic rings. The highest BCUT2D eigenvalue weighted by Gasteiger charge is 2.28. The summed E-state index contributed by atoms with van der Waals surface area (Å²) >= 11 is 1.59. The number of benzene rings is 1. The predicted molar refractivity (Wildman–Crippen MR) is 101 cm³/mol. The minimum Gasteiger partial charge on any atom is -0.487 e. The van der Waals surface area contributed by atoms with Crippen molar-refractivity contribution in [2.45, 2.75) is 18.8 Å². The average molecular weight is 366 g/mol. The second kappa shape index (κ2) is 7.21. The molecule has 3 aromatic rings. The monoisotopic (exact) mass is 366 g/mol. The van der Waals surface area contributed by atoms with Crippen molar-refractivity contribution in [2.75, 3.05) is 11.1 Å². The lowest BCUT2D eigenvalue weighted by Gasteiger charge is -2.16. The fraction of sp³-hybridized carbons (Fsp3) is 0.211. The Bertz CT molecular complexity index is 926. The van der Waals surface area contributed by atoms with Crippen molar-refractivity contribution in [3.8, 4) is 5.75 Å². The van der Waals surface area contributed by atoms with Gasteiger partial charge in [0, 0.05) is 17.5 Å². The Labute approximate surface area is 155 Å². The summed E-state index contributed by atoms with van der Waals surface area (Å²) in [6.45, 7) is 2.39. The van der Waals surface area contributed by atoms with E-state index in [4.69, 9.17) is 4.74 Å². The van der Waals surface area contributed by atoms with Gasteiger partial charge in [0.25, 0.3) is 0 Å². The maximum atomic E-state index is 11.9. The number of pyridine rings is 1. The number of aromatic nitrogens is 3. The van der Waals surface area contributed by atoms with Crippen LogP contribution >= 0.6 is 11.8 Å². The van der Waals surface area contributed by atoms with E-state index < -0.39 is 0 Å². The lowest BCUT2D eigenvalue weighted by Crippen LogP contribution is -2.12. The van der Waals surface area contributed by atoms with Gasteiger partial charge in [-0.15, -0.1) is 11.8 Å². The van der Waals surface area contributed by atoms with Crippen molar-refractivity contribution in [3.05, 3.63) is 71.2 Å². The van der Waals surface area contributed by atoms with Crippen molar-refractivity contribution >= 4 is 23.5 Å². The number of carbonyl (C=O) groups excluding carboxylic acids is 1. The minimum atomic E-state index is -0.0344. The average Bonchev–Trinajstić information content (AvgIpc) is 2.92. The highest BCUT2D eigenvalue weighted by atomic mass is 32.2. The van der Waals surface area contributed by atoms with E-state index in [-0.39, 0.29) is 11.2 Å². The van der Waals surface area contributed by atoms with Crippen molar-refractivity contribution in [1.29, 1.82) is 0 Å². The Hall–Kier alpha value is -2.80. The Morgan fingerprint density at radius 2 is 2.19 bits per heavy atom. The van der Waals surface area contributed by atoms with Crippen LogP contribution < -0.4 is 10.1 Å². The first-order chi connectivity index (χ1) is 12.7. The summed E-state index contributed by atoms with van der Waals surface area (Å²) in [5.41, 5.74) is 3.93. The molecule has 1 aliphatic heterocycles. The van der Waals surface area contributed by atoms with Crippen LogP contribution in [0.25, 0.3) is 0 Å². The van der Waals surface area contributed by atoms with Crippen LogP contribution in [0.15, 0.2) is 48.7 Å². The predicted octanol–water partition coefficient (Wildman–Crippen LogP) is 3.47. The normalized spacial score (nSPS) is 16.5. The van der Waals surface area contributed by atoms with E-state index in [0.717, 1.165) is 28.3 Å². The topological polar surface area (TPSA) is 79.9 Å². The molecule has 3 heterocycles. The van der Waals surface area contributed by atoms with Gasteiger partial charge in [-0.2, -0.15) is 5.10 Å². The number of rotatable bonds is 4. The van der Waals surface area contributed by atoms with Crippen LogP contribution in [0.2, 0.25) is 0 Å². The molecule has 1 amide bonds. The van der Waals surface area contributed by atoms with Crippen molar-refractivity contribution in [1.82, 2.24) is 15.2 Å². The molecule has 0 radical (unpaired) electrons. The molecule has 26 heavy (non-hydrogen) atoms.